The molecule has 2 heterocycles. The summed E-state index contributed by atoms with van der Waals surface area (Å²) in [4.78, 5) is 0. The van der Waals surface area contributed by atoms with Crippen molar-refractivity contribution in [3.63, 3.8) is 0 Å². The number of nitrogen functional groups attached to an aromatic ring is 1. The zero-order chi connectivity index (χ0) is 6.72. The standard InChI is InChI=1S/C7H5B2N/c10-4-2-1-3-5-6(4)9-7(5)8-3/h1-2,7H,10H2. The zero-order valence-electron chi connectivity index (χ0n) is 5.46. The van der Waals surface area contributed by atoms with E-state index in [1.54, 1.807) is 0 Å². The van der Waals surface area contributed by atoms with Gasteiger partial charge in [0.05, 0.1) is 0 Å². The first kappa shape index (κ1) is 4.89. The molecule has 0 amide bonds. The van der Waals surface area contributed by atoms with E-state index in [2.05, 4.69) is 20.6 Å². The minimum Gasteiger partial charge on any atom is -0.399 e. The molecule has 1 atom stereocenters. The molecule has 2 aliphatic rings. The fraction of sp³-hybridized carbons (Fsp3) is 0.143. The number of rotatable bonds is 0. The number of benzene rings is 1. The summed E-state index contributed by atoms with van der Waals surface area (Å²) >= 11 is 0. The Labute approximate surface area is 61.1 Å². The molecule has 44 valence electrons. The van der Waals surface area contributed by atoms with Crippen LogP contribution in [0.5, 0.6) is 0 Å². The number of hydrogen-bond donors (Lipinski definition) is 1. The van der Waals surface area contributed by atoms with Crippen molar-refractivity contribution < 1.29 is 0 Å². The Balaban J connectivity index is 2.39. The third kappa shape index (κ3) is 0.341. The average molecular weight is 125 g/mol. The zero-order valence-corrected chi connectivity index (χ0v) is 5.46. The molecule has 0 aliphatic carbocycles. The summed E-state index contributed by atoms with van der Waals surface area (Å²) in [6.45, 7) is 0. The maximum Gasteiger partial charge on any atom is 0.154 e. The molecular formula is C7H5B2N. The second-order valence-corrected chi connectivity index (χ2v) is 2.93. The van der Waals surface area contributed by atoms with Gasteiger partial charge in [0.1, 0.15) is 0 Å². The molecule has 0 bridgehead atoms. The van der Waals surface area contributed by atoms with E-state index in [-0.39, 0.29) is 0 Å². The number of hydrogen-bond acceptors (Lipinski definition) is 1. The number of anilines is 1. The normalized spacial score (nSPS) is 23.0. The van der Waals surface area contributed by atoms with Crippen molar-refractivity contribution >= 4 is 31.2 Å². The molecule has 2 radical (unpaired) electrons. The van der Waals surface area contributed by atoms with Crippen LogP contribution in [-0.2, 0) is 0 Å². The third-order valence-electron chi connectivity index (χ3n) is 2.39. The summed E-state index contributed by atoms with van der Waals surface area (Å²) in [6.07, 6.45) is 0. The van der Waals surface area contributed by atoms with Crippen LogP contribution in [0.1, 0.15) is 11.3 Å². The summed E-state index contributed by atoms with van der Waals surface area (Å²) < 4.78 is 0. The van der Waals surface area contributed by atoms with E-state index in [9.17, 15) is 0 Å². The minimum atomic E-state index is 0.647. The maximum absolute atomic E-state index is 5.72. The van der Waals surface area contributed by atoms with Crippen molar-refractivity contribution in [2.24, 2.45) is 0 Å². The van der Waals surface area contributed by atoms with Gasteiger partial charge in [0.15, 0.2) is 14.6 Å². The van der Waals surface area contributed by atoms with Crippen molar-refractivity contribution in [3.8, 4) is 0 Å². The van der Waals surface area contributed by atoms with Gasteiger partial charge < -0.3 is 5.73 Å². The van der Waals surface area contributed by atoms with Crippen LogP contribution in [-0.4, -0.2) is 14.6 Å². The lowest BCUT2D eigenvalue weighted by Gasteiger charge is -2.41. The van der Waals surface area contributed by atoms with Gasteiger partial charge in [-0.15, -0.1) is 0 Å². The monoisotopic (exact) mass is 125 g/mol. The van der Waals surface area contributed by atoms with Crippen LogP contribution in [0.3, 0.4) is 0 Å². The van der Waals surface area contributed by atoms with Gasteiger partial charge in [-0.25, -0.2) is 0 Å². The third-order valence-corrected chi connectivity index (χ3v) is 2.39. The van der Waals surface area contributed by atoms with E-state index >= 15 is 0 Å². The summed E-state index contributed by atoms with van der Waals surface area (Å²) in [5.74, 6) is 0. The highest BCUT2D eigenvalue weighted by Crippen LogP contribution is 2.28. The molecule has 1 aromatic rings. The van der Waals surface area contributed by atoms with Gasteiger partial charge in [-0.3, -0.25) is 0 Å². The van der Waals surface area contributed by atoms with Crippen LogP contribution >= 0.6 is 0 Å². The predicted molar refractivity (Wildman–Crippen MR) is 44.4 cm³/mol. The van der Waals surface area contributed by atoms with Gasteiger partial charge in [-0.1, -0.05) is 28.3 Å². The van der Waals surface area contributed by atoms with Crippen LogP contribution < -0.4 is 16.7 Å². The molecule has 10 heavy (non-hydrogen) atoms. The number of nitrogens with two attached hydrogens (primary N) is 1. The molecule has 3 rings (SSSR count). The van der Waals surface area contributed by atoms with Crippen molar-refractivity contribution in [2.75, 3.05) is 5.73 Å². The van der Waals surface area contributed by atoms with Crippen LogP contribution in [0.4, 0.5) is 5.69 Å². The van der Waals surface area contributed by atoms with Crippen molar-refractivity contribution in [3.05, 3.63) is 17.7 Å². The molecule has 1 nitrogen and oxygen atoms in total. The van der Waals surface area contributed by atoms with Gasteiger partial charge in [0.2, 0.25) is 0 Å². The summed E-state index contributed by atoms with van der Waals surface area (Å²) in [7, 11) is 4.49. The SMILES string of the molecule is Nc1ccc2c3c1[B]C3[B]2. The quantitative estimate of drug-likeness (QED) is 0.347. The molecule has 2 N–H and O–H groups in total. The highest BCUT2D eigenvalue weighted by Gasteiger charge is 2.39. The molecule has 0 spiro atoms. The highest BCUT2D eigenvalue weighted by molar-refractivity contribution is 6.86. The fourth-order valence-corrected chi connectivity index (χ4v) is 1.77. The highest BCUT2D eigenvalue weighted by atomic mass is 14.6. The van der Waals surface area contributed by atoms with E-state index in [0.29, 0.717) is 5.72 Å². The second-order valence-electron chi connectivity index (χ2n) is 2.93. The van der Waals surface area contributed by atoms with Crippen LogP contribution in [0.25, 0.3) is 0 Å². The Hall–Kier alpha value is -0.850. The molecular weight excluding hydrogens is 120 g/mol. The van der Waals surface area contributed by atoms with E-state index in [0.717, 1.165) is 5.69 Å². The molecule has 1 aromatic carbocycles. The minimum absolute atomic E-state index is 0.647. The maximum atomic E-state index is 5.72. The van der Waals surface area contributed by atoms with E-state index < -0.39 is 0 Å². The Bertz CT molecular complexity index is 307. The topological polar surface area (TPSA) is 26.0 Å². The lowest BCUT2D eigenvalue weighted by Crippen LogP contribution is -2.59. The molecule has 3 heteroatoms. The molecule has 1 unspecified atom stereocenters. The average Bonchev–Trinajstić information content (AvgIpc) is 1.85. The summed E-state index contributed by atoms with van der Waals surface area (Å²) in [5, 5.41) is 0. The van der Waals surface area contributed by atoms with Gasteiger partial charge in [-0.2, -0.15) is 0 Å². The van der Waals surface area contributed by atoms with Gasteiger partial charge in [0.25, 0.3) is 0 Å². The van der Waals surface area contributed by atoms with Crippen molar-refractivity contribution in [1.29, 1.82) is 0 Å². The summed E-state index contributed by atoms with van der Waals surface area (Å²) in [6, 6.07) is 4.08. The molecule has 0 saturated heterocycles. The van der Waals surface area contributed by atoms with Gasteiger partial charge >= 0.3 is 0 Å². The van der Waals surface area contributed by atoms with Gasteiger partial charge in [0, 0.05) is 5.69 Å². The van der Waals surface area contributed by atoms with E-state index in [1.165, 1.54) is 16.5 Å². The Morgan fingerprint density at radius 3 is 2.90 bits per heavy atom. The summed E-state index contributed by atoms with van der Waals surface area (Å²) in [5.41, 5.74) is 11.4. The second kappa shape index (κ2) is 1.26. The Morgan fingerprint density at radius 2 is 2.20 bits per heavy atom. The molecule has 0 fully saturated rings. The molecule has 0 saturated carbocycles. The Kier molecular flexibility index (Phi) is 0.618. The first-order valence-corrected chi connectivity index (χ1v) is 3.48. The Morgan fingerprint density at radius 1 is 1.30 bits per heavy atom. The van der Waals surface area contributed by atoms with Gasteiger partial charge in [-0.05, 0) is 6.07 Å². The lowest BCUT2D eigenvalue weighted by molar-refractivity contribution is 1.25. The van der Waals surface area contributed by atoms with E-state index in [4.69, 9.17) is 5.73 Å². The predicted octanol–water partition coefficient (Wildman–Crippen LogP) is -1.05. The smallest absolute Gasteiger partial charge is 0.154 e. The molecule has 0 aromatic heterocycles. The van der Waals surface area contributed by atoms with Crippen LogP contribution in [0, 0.1) is 0 Å². The van der Waals surface area contributed by atoms with Crippen LogP contribution in [0.2, 0.25) is 0 Å². The lowest BCUT2D eigenvalue weighted by atomic mass is 9.21. The fourth-order valence-electron chi connectivity index (χ4n) is 1.77. The molecule has 2 aliphatic heterocycles. The first-order chi connectivity index (χ1) is 4.86. The largest absolute Gasteiger partial charge is 0.399 e. The van der Waals surface area contributed by atoms with Crippen LogP contribution in [0.15, 0.2) is 12.1 Å². The van der Waals surface area contributed by atoms with Crippen molar-refractivity contribution in [1.82, 2.24) is 0 Å². The van der Waals surface area contributed by atoms with E-state index in [1.807, 2.05) is 6.07 Å². The first-order valence-electron chi connectivity index (χ1n) is 3.48. The van der Waals surface area contributed by atoms with Crippen molar-refractivity contribution in [2.45, 2.75) is 5.72 Å².